The highest BCUT2D eigenvalue weighted by molar-refractivity contribution is 9.09. The molecule has 2 heterocycles. The third-order valence-electron chi connectivity index (χ3n) is 3.66. The maximum atomic E-state index is 5.16. The third kappa shape index (κ3) is 1.78. The topological polar surface area (TPSA) is 28.9 Å². The van der Waals surface area contributed by atoms with Gasteiger partial charge in [-0.1, -0.05) is 40.2 Å². The van der Waals surface area contributed by atoms with Crippen LogP contribution >= 0.6 is 15.9 Å². The Morgan fingerprint density at radius 1 is 0.900 bits per heavy atom. The van der Waals surface area contributed by atoms with E-state index in [2.05, 4.69) is 63.4 Å². The highest BCUT2D eigenvalue weighted by Gasteiger charge is 2.13. The Labute approximate surface area is 124 Å². The minimum atomic E-state index is 0.152. The quantitative estimate of drug-likeness (QED) is 0.491. The first kappa shape index (κ1) is 11.8. The summed E-state index contributed by atoms with van der Waals surface area (Å²) < 4.78 is 5.16. The largest absolute Gasteiger partial charge is 0.472 e. The summed E-state index contributed by atoms with van der Waals surface area (Å²) in [7, 11) is 0. The number of aromatic amines is 1. The molecule has 0 fully saturated rings. The molecule has 1 atom stereocenters. The van der Waals surface area contributed by atoms with Crippen LogP contribution in [0.3, 0.4) is 0 Å². The van der Waals surface area contributed by atoms with Crippen molar-refractivity contribution >= 4 is 37.7 Å². The monoisotopic (exact) mass is 325 g/mol. The lowest BCUT2D eigenvalue weighted by atomic mass is 10.0. The lowest BCUT2D eigenvalue weighted by molar-refractivity contribution is 0.564. The van der Waals surface area contributed by atoms with E-state index < -0.39 is 0 Å². The first-order valence-corrected chi connectivity index (χ1v) is 7.41. The summed E-state index contributed by atoms with van der Waals surface area (Å²) in [6, 6.07) is 16.9. The van der Waals surface area contributed by atoms with Crippen LogP contribution in [0.1, 0.15) is 16.0 Å². The summed E-state index contributed by atoms with van der Waals surface area (Å²) in [5.41, 5.74) is 4.70. The number of nitrogens with one attached hydrogen (secondary N) is 1. The molecule has 0 saturated heterocycles. The molecule has 0 aliphatic rings. The second kappa shape index (κ2) is 4.53. The number of H-pyrrole nitrogens is 1. The van der Waals surface area contributed by atoms with Crippen LogP contribution in [0, 0.1) is 0 Å². The van der Waals surface area contributed by atoms with Crippen LogP contribution < -0.4 is 0 Å². The molecule has 98 valence electrons. The lowest BCUT2D eigenvalue weighted by Gasteiger charge is -2.08. The lowest BCUT2D eigenvalue weighted by Crippen LogP contribution is -1.89. The molecule has 1 N–H and O–H groups in total. The van der Waals surface area contributed by atoms with Crippen LogP contribution in [0.4, 0.5) is 0 Å². The van der Waals surface area contributed by atoms with Gasteiger partial charge in [-0.2, -0.15) is 0 Å². The number of para-hydroxylation sites is 1. The van der Waals surface area contributed by atoms with Crippen molar-refractivity contribution in [3.63, 3.8) is 0 Å². The van der Waals surface area contributed by atoms with Crippen molar-refractivity contribution in [3.05, 3.63) is 72.2 Å². The maximum Gasteiger partial charge on any atom is 0.0949 e. The van der Waals surface area contributed by atoms with Crippen molar-refractivity contribution in [3.8, 4) is 0 Å². The van der Waals surface area contributed by atoms with Crippen LogP contribution in [0.15, 0.2) is 65.5 Å². The van der Waals surface area contributed by atoms with Crippen molar-refractivity contribution in [1.29, 1.82) is 0 Å². The summed E-state index contributed by atoms with van der Waals surface area (Å²) in [5, 5.41) is 2.52. The molecule has 0 aliphatic carbocycles. The molecule has 0 aliphatic heterocycles. The second-order valence-electron chi connectivity index (χ2n) is 4.89. The van der Waals surface area contributed by atoms with Crippen LogP contribution in [-0.2, 0) is 0 Å². The molecule has 20 heavy (non-hydrogen) atoms. The molecule has 2 aromatic heterocycles. The molecule has 2 nitrogen and oxygen atoms in total. The zero-order chi connectivity index (χ0) is 13.5. The van der Waals surface area contributed by atoms with Gasteiger partial charge in [0.1, 0.15) is 0 Å². The fraction of sp³-hybridized carbons (Fsp3) is 0.0588. The van der Waals surface area contributed by atoms with Crippen LogP contribution in [0.5, 0.6) is 0 Å². The average Bonchev–Trinajstić information content (AvgIpc) is 3.13. The van der Waals surface area contributed by atoms with Gasteiger partial charge in [0, 0.05) is 27.4 Å². The van der Waals surface area contributed by atoms with Crippen molar-refractivity contribution in [2.75, 3.05) is 0 Å². The smallest absolute Gasteiger partial charge is 0.0949 e. The zero-order valence-corrected chi connectivity index (χ0v) is 12.2. The van der Waals surface area contributed by atoms with Gasteiger partial charge < -0.3 is 9.40 Å². The third-order valence-corrected chi connectivity index (χ3v) is 4.72. The minimum Gasteiger partial charge on any atom is -0.472 e. The van der Waals surface area contributed by atoms with Gasteiger partial charge in [0.15, 0.2) is 0 Å². The van der Waals surface area contributed by atoms with E-state index in [1.807, 2.05) is 6.07 Å². The number of alkyl halides is 1. The van der Waals surface area contributed by atoms with Gasteiger partial charge in [-0.25, -0.2) is 0 Å². The minimum absolute atomic E-state index is 0.152. The highest BCUT2D eigenvalue weighted by Crippen LogP contribution is 2.34. The maximum absolute atomic E-state index is 5.16. The molecule has 4 rings (SSSR count). The Morgan fingerprint density at radius 2 is 1.75 bits per heavy atom. The second-order valence-corrected chi connectivity index (χ2v) is 5.81. The molecule has 1 unspecified atom stereocenters. The summed E-state index contributed by atoms with van der Waals surface area (Å²) in [4.78, 5) is 3.60. The number of benzene rings is 2. The molecule has 4 aromatic rings. The zero-order valence-electron chi connectivity index (χ0n) is 10.6. The van der Waals surface area contributed by atoms with Gasteiger partial charge in [-0.05, 0) is 29.8 Å². The Hall–Kier alpha value is -2.00. The number of rotatable bonds is 2. The summed E-state index contributed by atoms with van der Waals surface area (Å²) in [6.07, 6.45) is 3.48. The molecule has 3 heteroatoms. The molecule has 2 aromatic carbocycles. The molecule has 0 saturated carbocycles. The Kier molecular flexibility index (Phi) is 2.67. The number of aromatic nitrogens is 1. The standard InChI is InChI=1S/C17H12BrNO/c18-17(12-7-8-20-10-12)11-5-6-16-14(9-11)13-3-1-2-4-15(13)19-16/h1-10,17,19H. The normalized spacial score (nSPS) is 13.1. The molecule has 0 spiro atoms. The summed E-state index contributed by atoms with van der Waals surface area (Å²) in [6.45, 7) is 0. The average molecular weight is 326 g/mol. The number of hydrogen-bond donors (Lipinski definition) is 1. The van der Waals surface area contributed by atoms with Crippen molar-refractivity contribution in [2.45, 2.75) is 4.83 Å². The Balaban J connectivity index is 1.91. The SMILES string of the molecule is BrC(c1ccoc1)c1ccc2[nH]c3ccccc3c2c1. The van der Waals surface area contributed by atoms with Gasteiger partial charge >= 0.3 is 0 Å². The Morgan fingerprint density at radius 3 is 2.60 bits per heavy atom. The molecular weight excluding hydrogens is 314 g/mol. The van der Waals surface area contributed by atoms with Crippen LogP contribution in [-0.4, -0.2) is 4.98 Å². The number of furan rings is 1. The predicted octanol–water partition coefficient (Wildman–Crippen LogP) is 5.40. The van der Waals surface area contributed by atoms with E-state index in [1.165, 1.54) is 27.4 Å². The number of hydrogen-bond acceptors (Lipinski definition) is 1. The fourth-order valence-electron chi connectivity index (χ4n) is 2.64. The van der Waals surface area contributed by atoms with E-state index in [9.17, 15) is 0 Å². The summed E-state index contributed by atoms with van der Waals surface area (Å²) in [5.74, 6) is 0. The molecular formula is C17H12BrNO. The van der Waals surface area contributed by atoms with Gasteiger partial charge in [0.25, 0.3) is 0 Å². The molecule has 0 amide bonds. The Bertz CT molecular complexity index is 876. The van der Waals surface area contributed by atoms with E-state index in [1.54, 1.807) is 12.5 Å². The first-order chi connectivity index (χ1) is 9.83. The predicted molar refractivity (Wildman–Crippen MR) is 85.3 cm³/mol. The van der Waals surface area contributed by atoms with E-state index in [4.69, 9.17) is 4.42 Å². The van der Waals surface area contributed by atoms with Gasteiger partial charge in [-0.3, -0.25) is 0 Å². The van der Waals surface area contributed by atoms with E-state index in [0.29, 0.717) is 0 Å². The van der Waals surface area contributed by atoms with Crippen LogP contribution in [0.2, 0.25) is 0 Å². The highest BCUT2D eigenvalue weighted by atomic mass is 79.9. The molecule has 0 bridgehead atoms. The summed E-state index contributed by atoms with van der Waals surface area (Å²) >= 11 is 3.74. The first-order valence-electron chi connectivity index (χ1n) is 6.49. The molecule has 0 radical (unpaired) electrons. The van der Waals surface area contributed by atoms with Crippen molar-refractivity contribution < 1.29 is 4.42 Å². The fourth-order valence-corrected chi connectivity index (χ4v) is 3.18. The van der Waals surface area contributed by atoms with Gasteiger partial charge in [0.2, 0.25) is 0 Å². The number of fused-ring (bicyclic) bond motifs is 3. The van der Waals surface area contributed by atoms with Gasteiger partial charge in [-0.15, -0.1) is 0 Å². The van der Waals surface area contributed by atoms with Crippen LogP contribution in [0.25, 0.3) is 21.8 Å². The van der Waals surface area contributed by atoms with Crippen molar-refractivity contribution in [1.82, 2.24) is 4.98 Å². The van der Waals surface area contributed by atoms with E-state index >= 15 is 0 Å². The van der Waals surface area contributed by atoms with Crippen molar-refractivity contribution in [2.24, 2.45) is 0 Å². The van der Waals surface area contributed by atoms with E-state index in [0.717, 1.165) is 5.56 Å². The number of halogens is 1. The van der Waals surface area contributed by atoms with Gasteiger partial charge in [0.05, 0.1) is 17.4 Å². The van der Waals surface area contributed by atoms with E-state index in [-0.39, 0.29) is 4.83 Å².